The molecule has 4 N–H and O–H groups in total. The summed E-state index contributed by atoms with van der Waals surface area (Å²) in [5, 5.41) is 20.9. The molecule has 1 saturated heterocycles. The number of aromatic nitrogens is 2. The van der Waals surface area contributed by atoms with E-state index < -0.39 is 12.1 Å². The number of nitrogens with zero attached hydrogens (tertiary/aromatic N) is 3. The second-order valence-electron chi connectivity index (χ2n) is 10.7. The fourth-order valence-corrected chi connectivity index (χ4v) is 5.17. The van der Waals surface area contributed by atoms with Gasteiger partial charge in [-0.3, -0.25) is 4.79 Å². The number of halogens is 4. The number of urea groups is 1. The first-order chi connectivity index (χ1) is 21.8. The fourth-order valence-electron chi connectivity index (χ4n) is 4.90. The third-order valence-corrected chi connectivity index (χ3v) is 7.23. The molecule has 46 heavy (non-hydrogen) atoms. The number of benzene rings is 3. The quantitative estimate of drug-likeness (QED) is 0.198. The third kappa shape index (κ3) is 9.31. The minimum Gasteiger partial charge on any atom is -0.475 e. The van der Waals surface area contributed by atoms with Crippen LogP contribution in [-0.4, -0.2) is 58.2 Å². The monoisotopic (exact) mass is 656 g/mol. The lowest BCUT2D eigenvalue weighted by Gasteiger charge is -2.37. The van der Waals surface area contributed by atoms with Gasteiger partial charge in [-0.25, -0.2) is 14.3 Å². The molecule has 2 amide bonds. The van der Waals surface area contributed by atoms with Gasteiger partial charge in [-0.2, -0.15) is 18.3 Å². The summed E-state index contributed by atoms with van der Waals surface area (Å²) in [6, 6.07) is 25.2. The van der Waals surface area contributed by atoms with Crippen molar-refractivity contribution in [3.8, 4) is 11.1 Å². The summed E-state index contributed by atoms with van der Waals surface area (Å²) in [6.45, 7) is 5.94. The Bertz CT molecular complexity index is 1710. The number of piperazine rings is 1. The van der Waals surface area contributed by atoms with Crippen LogP contribution in [0, 0.1) is 0 Å². The number of carbonyl (C=O) groups excluding carboxylic acids is 1. The number of aliphatic carboxylic acids is 1. The maximum absolute atomic E-state index is 13.0. The molecule has 1 aliphatic heterocycles. The predicted octanol–water partition coefficient (Wildman–Crippen LogP) is 6.08. The van der Waals surface area contributed by atoms with Gasteiger partial charge in [0, 0.05) is 36.5 Å². The van der Waals surface area contributed by atoms with Crippen LogP contribution in [0.2, 0.25) is 5.02 Å². The van der Waals surface area contributed by atoms with Crippen molar-refractivity contribution < 1.29 is 27.9 Å². The highest BCUT2D eigenvalue weighted by molar-refractivity contribution is 6.33. The Morgan fingerprint density at radius 3 is 2.13 bits per heavy atom. The van der Waals surface area contributed by atoms with Crippen molar-refractivity contribution >= 4 is 40.7 Å². The predicted molar refractivity (Wildman–Crippen MR) is 172 cm³/mol. The minimum absolute atomic E-state index is 0.165. The zero-order valence-electron chi connectivity index (χ0n) is 24.9. The van der Waals surface area contributed by atoms with E-state index in [-0.39, 0.29) is 35.2 Å². The van der Waals surface area contributed by atoms with E-state index in [1.54, 1.807) is 12.3 Å². The Labute approximate surface area is 267 Å². The molecule has 1 aliphatic rings. The Balaban J connectivity index is 0.000000617. The molecule has 242 valence electrons. The van der Waals surface area contributed by atoms with E-state index in [0.717, 1.165) is 29.8 Å². The number of alkyl halides is 3. The number of nitrogens with one attached hydrogen (secondary N) is 3. The summed E-state index contributed by atoms with van der Waals surface area (Å²) < 4.78 is 33.1. The third-order valence-electron chi connectivity index (χ3n) is 6.87. The van der Waals surface area contributed by atoms with Gasteiger partial charge >= 0.3 is 18.2 Å². The number of carboxylic acid groups (broad SMARTS) is 1. The Morgan fingerprint density at radius 1 is 0.935 bits per heavy atom. The number of rotatable bonds is 6. The molecule has 14 heteroatoms. The molecule has 4 aromatic rings. The molecule has 1 fully saturated rings. The molecular formula is C32H32ClF3N6O4. The Kier molecular flexibility index (Phi) is 11.0. The lowest BCUT2D eigenvalue weighted by atomic mass is 10.1. The zero-order valence-corrected chi connectivity index (χ0v) is 25.6. The molecule has 2 heterocycles. The van der Waals surface area contributed by atoms with Crippen molar-refractivity contribution in [2.75, 3.05) is 28.6 Å². The van der Waals surface area contributed by atoms with Crippen LogP contribution >= 0.6 is 11.6 Å². The van der Waals surface area contributed by atoms with Crippen molar-refractivity contribution in [1.82, 2.24) is 15.1 Å². The van der Waals surface area contributed by atoms with E-state index in [1.165, 1.54) is 4.68 Å². The van der Waals surface area contributed by atoms with Gasteiger partial charge in [-0.15, -0.1) is 0 Å². The SMILES string of the molecule is CC1CN(c2cnn(Cc3cccc(NC(=O)Nc4ccc(-c5ccccc5)cc4)c3)c(=O)c2Cl)CC(C)N1.O=C(O)C(F)(F)F. The standard InChI is InChI=1S/C30H31ClN6O2.C2HF3O2/c1-20-17-36(18-21(2)33-20)27-16-32-37(29(38)28(27)31)19-22-7-6-10-26(15-22)35-30(39)34-25-13-11-24(12-14-25)23-8-4-3-5-9-23;3-2(4,5)1(6)7/h3-16,20-21,33H,17-19H2,1-2H3,(H2,34,35,39);(H,6,7). The number of hydrogen-bond donors (Lipinski definition) is 4. The maximum atomic E-state index is 13.0. The molecule has 0 saturated carbocycles. The molecule has 0 bridgehead atoms. The van der Waals surface area contributed by atoms with Gasteiger partial charge < -0.3 is 26.0 Å². The first-order valence-electron chi connectivity index (χ1n) is 14.2. The van der Waals surface area contributed by atoms with Crippen LogP contribution in [-0.2, 0) is 11.3 Å². The zero-order chi connectivity index (χ0) is 33.4. The molecule has 0 aliphatic carbocycles. The van der Waals surface area contributed by atoms with Crippen LogP contribution in [0.1, 0.15) is 19.4 Å². The highest BCUT2D eigenvalue weighted by atomic mass is 35.5. The summed E-state index contributed by atoms with van der Waals surface area (Å²) >= 11 is 6.51. The smallest absolute Gasteiger partial charge is 0.475 e. The molecule has 2 unspecified atom stereocenters. The van der Waals surface area contributed by atoms with E-state index in [4.69, 9.17) is 21.5 Å². The molecule has 3 aromatic carbocycles. The molecule has 10 nitrogen and oxygen atoms in total. The molecule has 1 aromatic heterocycles. The second-order valence-corrected chi connectivity index (χ2v) is 11.1. The van der Waals surface area contributed by atoms with Gasteiger partial charge in [0.05, 0.1) is 18.4 Å². The van der Waals surface area contributed by atoms with Crippen LogP contribution in [0.15, 0.2) is 89.9 Å². The first-order valence-corrected chi connectivity index (χ1v) is 14.6. The van der Waals surface area contributed by atoms with Gasteiger partial charge in [0.15, 0.2) is 0 Å². The summed E-state index contributed by atoms with van der Waals surface area (Å²) in [5.74, 6) is -2.76. The molecule has 0 radical (unpaired) electrons. The second kappa shape index (κ2) is 14.9. The number of carboxylic acids is 1. The van der Waals surface area contributed by atoms with Crippen LogP contribution < -0.4 is 26.4 Å². The minimum atomic E-state index is -5.08. The van der Waals surface area contributed by atoms with Gasteiger partial charge in [0.2, 0.25) is 0 Å². The van der Waals surface area contributed by atoms with Crippen LogP contribution in [0.3, 0.4) is 0 Å². The van der Waals surface area contributed by atoms with Gasteiger partial charge in [0.25, 0.3) is 5.56 Å². The number of anilines is 3. The first kappa shape index (κ1) is 34.0. The average molecular weight is 657 g/mol. The van der Waals surface area contributed by atoms with Crippen molar-refractivity contribution in [2.24, 2.45) is 0 Å². The molecule has 2 atom stereocenters. The van der Waals surface area contributed by atoms with Crippen LogP contribution in [0.5, 0.6) is 0 Å². The van der Waals surface area contributed by atoms with Gasteiger partial charge in [-0.1, -0.05) is 66.2 Å². The van der Waals surface area contributed by atoms with E-state index in [1.807, 2.05) is 72.8 Å². The average Bonchev–Trinajstić information content (AvgIpc) is 3.00. The van der Waals surface area contributed by atoms with Crippen molar-refractivity contribution in [1.29, 1.82) is 0 Å². The van der Waals surface area contributed by atoms with E-state index >= 15 is 0 Å². The van der Waals surface area contributed by atoms with E-state index in [0.29, 0.717) is 17.1 Å². The van der Waals surface area contributed by atoms with Gasteiger partial charge in [0.1, 0.15) is 5.02 Å². The largest absolute Gasteiger partial charge is 0.490 e. The summed E-state index contributed by atoms with van der Waals surface area (Å²) in [4.78, 5) is 36.6. The topological polar surface area (TPSA) is 129 Å². The van der Waals surface area contributed by atoms with Crippen LogP contribution in [0.25, 0.3) is 11.1 Å². The lowest BCUT2D eigenvalue weighted by Crippen LogP contribution is -2.54. The summed E-state index contributed by atoms with van der Waals surface area (Å²) in [6.07, 6.45) is -3.42. The Hall–Kier alpha value is -4.88. The number of amides is 2. The molecule has 0 spiro atoms. The van der Waals surface area contributed by atoms with E-state index in [2.05, 4.69) is 39.8 Å². The highest BCUT2D eigenvalue weighted by Crippen LogP contribution is 2.24. The van der Waals surface area contributed by atoms with Crippen molar-refractivity contribution in [3.05, 3.63) is 106 Å². The maximum Gasteiger partial charge on any atom is 0.490 e. The normalized spacial score (nSPS) is 16.2. The summed E-state index contributed by atoms with van der Waals surface area (Å²) in [5.41, 5.74) is 4.59. The van der Waals surface area contributed by atoms with Gasteiger partial charge in [-0.05, 0) is 54.8 Å². The molecular weight excluding hydrogens is 625 g/mol. The highest BCUT2D eigenvalue weighted by Gasteiger charge is 2.38. The fraction of sp³-hybridized carbons (Fsp3) is 0.250. The van der Waals surface area contributed by atoms with Crippen molar-refractivity contribution in [3.63, 3.8) is 0 Å². The van der Waals surface area contributed by atoms with E-state index in [9.17, 15) is 22.8 Å². The molecule has 5 rings (SSSR count). The van der Waals surface area contributed by atoms with Crippen molar-refractivity contribution in [2.45, 2.75) is 38.7 Å². The van der Waals surface area contributed by atoms with Crippen LogP contribution in [0.4, 0.5) is 35.0 Å². The number of carbonyl (C=O) groups is 2. The lowest BCUT2D eigenvalue weighted by molar-refractivity contribution is -0.192. The Morgan fingerprint density at radius 2 is 1.52 bits per heavy atom. The number of hydrogen-bond acceptors (Lipinski definition) is 6. The summed E-state index contributed by atoms with van der Waals surface area (Å²) in [7, 11) is 0.